The van der Waals surface area contributed by atoms with E-state index in [9.17, 15) is 5.11 Å². The number of aliphatic hydroxyl groups is 1. The molecule has 0 aromatic carbocycles. The predicted octanol–water partition coefficient (Wildman–Crippen LogP) is 3.57. The van der Waals surface area contributed by atoms with Gasteiger partial charge in [-0.05, 0) is 44.4 Å². The highest BCUT2D eigenvalue weighted by Gasteiger charge is 2.29. The summed E-state index contributed by atoms with van der Waals surface area (Å²) in [7, 11) is 0. The molecule has 0 radical (unpaired) electrons. The Kier molecular flexibility index (Phi) is 4.57. The molecule has 2 nitrogen and oxygen atoms in total. The van der Waals surface area contributed by atoms with E-state index in [1.165, 1.54) is 31.4 Å². The Morgan fingerprint density at radius 1 is 1.47 bits per heavy atom. The standard InChI is InChI=1S/C14H23NOS/c1-3-4-11-5-6-14(16)12(7-11)8-13-9-17-10(2)15-13/h9,11-12,14,16H,3-8H2,1-2H3. The number of aromatic nitrogens is 1. The zero-order chi connectivity index (χ0) is 12.3. The maximum Gasteiger partial charge on any atom is 0.0897 e. The molecule has 0 saturated heterocycles. The fourth-order valence-electron chi connectivity index (χ4n) is 3.01. The lowest BCUT2D eigenvalue weighted by molar-refractivity contribution is 0.0459. The zero-order valence-corrected chi connectivity index (χ0v) is 11.7. The van der Waals surface area contributed by atoms with Gasteiger partial charge < -0.3 is 5.11 Å². The van der Waals surface area contributed by atoms with Crippen LogP contribution in [0.4, 0.5) is 0 Å². The fourth-order valence-corrected chi connectivity index (χ4v) is 3.63. The van der Waals surface area contributed by atoms with Gasteiger partial charge in [0.2, 0.25) is 0 Å². The highest BCUT2D eigenvalue weighted by molar-refractivity contribution is 7.09. The van der Waals surface area contributed by atoms with E-state index in [1.807, 2.05) is 6.92 Å². The number of aliphatic hydroxyl groups excluding tert-OH is 1. The minimum Gasteiger partial charge on any atom is -0.393 e. The summed E-state index contributed by atoms with van der Waals surface area (Å²) < 4.78 is 0. The molecular formula is C14H23NOS. The minimum atomic E-state index is -0.106. The smallest absolute Gasteiger partial charge is 0.0897 e. The Morgan fingerprint density at radius 3 is 2.94 bits per heavy atom. The van der Waals surface area contributed by atoms with Crippen LogP contribution in [0.2, 0.25) is 0 Å². The molecule has 96 valence electrons. The van der Waals surface area contributed by atoms with E-state index in [0.29, 0.717) is 5.92 Å². The second-order valence-electron chi connectivity index (χ2n) is 5.36. The molecule has 1 N–H and O–H groups in total. The van der Waals surface area contributed by atoms with Crippen LogP contribution >= 0.6 is 11.3 Å². The monoisotopic (exact) mass is 253 g/mol. The van der Waals surface area contributed by atoms with Gasteiger partial charge in [-0.2, -0.15) is 0 Å². The molecule has 1 saturated carbocycles. The van der Waals surface area contributed by atoms with Crippen molar-refractivity contribution in [2.75, 3.05) is 0 Å². The van der Waals surface area contributed by atoms with Crippen molar-refractivity contribution in [2.24, 2.45) is 11.8 Å². The molecule has 0 spiro atoms. The van der Waals surface area contributed by atoms with E-state index >= 15 is 0 Å². The summed E-state index contributed by atoms with van der Waals surface area (Å²) in [4.78, 5) is 4.52. The van der Waals surface area contributed by atoms with Crippen molar-refractivity contribution in [3.8, 4) is 0 Å². The van der Waals surface area contributed by atoms with Crippen molar-refractivity contribution in [2.45, 2.75) is 58.5 Å². The van der Waals surface area contributed by atoms with Gasteiger partial charge in [0.15, 0.2) is 0 Å². The highest BCUT2D eigenvalue weighted by Crippen LogP contribution is 2.34. The van der Waals surface area contributed by atoms with Crippen molar-refractivity contribution in [3.63, 3.8) is 0 Å². The molecule has 0 bridgehead atoms. The first-order valence-electron chi connectivity index (χ1n) is 6.78. The number of thiazole rings is 1. The summed E-state index contributed by atoms with van der Waals surface area (Å²) in [6.07, 6.45) is 6.82. The molecule has 3 unspecified atom stereocenters. The van der Waals surface area contributed by atoms with E-state index in [-0.39, 0.29) is 6.10 Å². The second-order valence-corrected chi connectivity index (χ2v) is 6.42. The first kappa shape index (κ1) is 13.0. The van der Waals surface area contributed by atoms with E-state index < -0.39 is 0 Å². The normalized spacial score (nSPS) is 29.5. The van der Waals surface area contributed by atoms with Crippen LogP contribution in [0.5, 0.6) is 0 Å². The molecule has 0 amide bonds. The average molecular weight is 253 g/mol. The number of rotatable bonds is 4. The van der Waals surface area contributed by atoms with Crippen molar-refractivity contribution in [3.05, 3.63) is 16.1 Å². The predicted molar refractivity (Wildman–Crippen MR) is 72.3 cm³/mol. The third-order valence-corrected chi connectivity index (χ3v) is 4.71. The fraction of sp³-hybridized carbons (Fsp3) is 0.786. The van der Waals surface area contributed by atoms with Gasteiger partial charge in [-0.15, -0.1) is 11.3 Å². The molecule has 1 aromatic rings. The summed E-state index contributed by atoms with van der Waals surface area (Å²) >= 11 is 1.71. The Hall–Kier alpha value is -0.410. The largest absolute Gasteiger partial charge is 0.393 e. The number of hydrogen-bond acceptors (Lipinski definition) is 3. The molecule has 3 heteroatoms. The van der Waals surface area contributed by atoms with Crippen LogP contribution in [0.3, 0.4) is 0 Å². The van der Waals surface area contributed by atoms with Crippen LogP contribution in [0.25, 0.3) is 0 Å². The topological polar surface area (TPSA) is 33.1 Å². The van der Waals surface area contributed by atoms with Crippen LogP contribution in [0, 0.1) is 18.8 Å². The Bertz CT molecular complexity index is 350. The van der Waals surface area contributed by atoms with Crippen LogP contribution in [0.15, 0.2) is 5.38 Å². The highest BCUT2D eigenvalue weighted by atomic mass is 32.1. The maximum atomic E-state index is 10.1. The van der Waals surface area contributed by atoms with Gasteiger partial charge in [-0.25, -0.2) is 4.98 Å². The first-order valence-corrected chi connectivity index (χ1v) is 7.66. The zero-order valence-electron chi connectivity index (χ0n) is 10.9. The molecule has 1 heterocycles. The van der Waals surface area contributed by atoms with Gasteiger partial charge >= 0.3 is 0 Å². The molecule has 0 aliphatic heterocycles. The molecule has 3 atom stereocenters. The van der Waals surface area contributed by atoms with E-state index in [0.717, 1.165) is 23.8 Å². The van der Waals surface area contributed by atoms with Crippen LogP contribution in [0.1, 0.15) is 49.7 Å². The van der Waals surface area contributed by atoms with Gasteiger partial charge in [0.25, 0.3) is 0 Å². The molecule has 1 fully saturated rings. The molecule has 1 aromatic heterocycles. The summed E-state index contributed by atoms with van der Waals surface area (Å²) in [5, 5.41) is 13.4. The van der Waals surface area contributed by atoms with Gasteiger partial charge in [0.1, 0.15) is 0 Å². The van der Waals surface area contributed by atoms with E-state index in [4.69, 9.17) is 0 Å². The molecule has 2 rings (SSSR count). The summed E-state index contributed by atoms with van der Waals surface area (Å²) in [5.41, 5.74) is 1.17. The van der Waals surface area contributed by atoms with Gasteiger partial charge in [0, 0.05) is 5.38 Å². The Morgan fingerprint density at radius 2 is 2.29 bits per heavy atom. The van der Waals surface area contributed by atoms with E-state index in [1.54, 1.807) is 11.3 Å². The quantitative estimate of drug-likeness (QED) is 0.890. The molecule has 17 heavy (non-hydrogen) atoms. The van der Waals surface area contributed by atoms with Crippen molar-refractivity contribution >= 4 is 11.3 Å². The Balaban J connectivity index is 1.93. The molecule has 1 aliphatic carbocycles. The van der Waals surface area contributed by atoms with Gasteiger partial charge in [0.05, 0.1) is 16.8 Å². The van der Waals surface area contributed by atoms with Crippen LogP contribution in [-0.2, 0) is 6.42 Å². The first-order chi connectivity index (χ1) is 8.19. The number of hydrogen-bond donors (Lipinski definition) is 1. The molecule has 1 aliphatic rings. The summed E-state index contributed by atoms with van der Waals surface area (Å²) in [5.74, 6) is 1.26. The molecular weight excluding hydrogens is 230 g/mol. The van der Waals surface area contributed by atoms with Crippen molar-refractivity contribution in [1.82, 2.24) is 4.98 Å². The van der Waals surface area contributed by atoms with Crippen molar-refractivity contribution < 1.29 is 5.11 Å². The summed E-state index contributed by atoms with van der Waals surface area (Å²) in [6, 6.07) is 0. The third kappa shape index (κ3) is 3.52. The lowest BCUT2D eigenvalue weighted by atomic mass is 9.76. The maximum absolute atomic E-state index is 10.1. The van der Waals surface area contributed by atoms with Gasteiger partial charge in [-0.1, -0.05) is 19.8 Å². The minimum absolute atomic E-state index is 0.106. The Labute approximate surface area is 108 Å². The lowest BCUT2D eigenvalue weighted by Crippen LogP contribution is -2.30. The number of nitrogens with zero attached hydrogens (tertiary/aromatic N) is 1. The second kappa shape index (κ2) is 5.96. The summed E-state index contributed by atoms with van der Waals surface area (Å²) in [6.45, 7) is 4.30. The SMILES string of the molecule is CCCC1CCC(O)C(Cc2csc(C)n2)C1. The van der Waals surface area contributed by atoms with Crippen LogP contribution in [-0.4, -0.2) is 16.2 Å². The number of aryl methyl sites for hydroxylation is 1. The van der Waals surface area contributed by atoms with Gasteiger partial charge in [-0.3, -0.25) is 0 Å². The lowest BCUT2D eigenvalue weighted by Gasteiger charge is -2.33. The van der Waals surface area contributed by atoms with Crippen molar-refractivity contribution in [1.29, 1.82) is 0 Å². The van der Waals surface area contributed by atoms with E-state index in [2.05, 4.69) is 17.3 Å². The average Bonchev–Trinajstić information content (AvgIpc) is 2.69. The third-order valence-electron chi connectivity index (χ3n) is 3.89. The van der Waals surface area contributed by atoms with Crippen LogP contribution < -0.4 is 0 Å².